The standard InChI is InChI=1S/C16H22BrN/c17-16-8-4-3-7-15(16)13-9-11-18(12-10-13)14-5-1-2-6-14/h3-4,7-8,13-14H,1-2,5-6,9-12H2. The van der Waals surface area contributed by atoms with Crippen LogP contribution in [-0.4, -0.2) is 24.0 Å². The van der Waals surface area contributed by atoms with E-state index in [-0.39, 0.29) is 0 Å². The molecule has 0 radical (unpaired) electrons. The lowest BCUT2D eigenvalue weighted by Crippen LogP contribution is -2.39. The lowest BCUT2D eigenvalue weighted by molar-refractivity contribution is 0.154. The van der Waals surface area contributed by atoms with Crippen molar-refractivity contribution >= 4 is 15.9 Å². The lowest BCUT2D eigenvalue weighted by Gasteiger charge is -2.36. The summed E-state index contributed by atoms with van der Waals surface area (Å²) in [6, 6.07) is 9.66. The molecule has 2 heteroatoms. The van der Waals surface area contributed by atoms with Crippen molar-refractivity contribution in [2.75, 3.05) is 13.1 Å². The average molecular weight is 308 g/mol. The summed E-state index contributed by atoms with van der Waals surface area (Å²) in [4.78, 5) is 2.75. The average Bonchev–Trinajstić information content (AvgIpc) is 2.94. The molecule has 98 valence electrons. The summed E-state index contributed by atoms with van der Waals surface area (Å²) in [5.41, 5.74) is 1.52. The summed E-state index contributed by atoms with van der Waals surface area (Å²) >= 11 is 3.70. The summed E-state index contributed by atoms with van der Waals surface area (Å²) < 4.78 is 1.30. The van der Waals surface area contributed by atoms with Crippen molar-refractivity contribution in [3.8, 4) is 0 Å². The van der Waals surface area contributed by atoms with E-state index in [1.165, 1.54) is 61.7 Å². The monoisotopic (exact) mass is 307 g/mol. The highest BCUT2D eigenvalue weighted by Crippen LogP contribution is 2.35. The fourth-order valence-electron chi connectivity index (χ4n) is 3.65. The minimum atomic E-state index is 0.762. The molecular weight excluding hydrogens is 286 g/mol. The topological polar surface area (TPSA) is 3.24 Å². The molecule has 3 rings (SSSR count). The molecule has 1 saturated carbocycles. The zero-order valence-electron chi connectivity index (χ0n) is 10.9. The molecule has 0 aromatic heterocycles. The van der Waals surface area contributed by atoms with Crippen LogP contribution in [0.1, 0.15) is 50.0 Å². The Morgan fingerprint density at radius 3 is 2.28 bits per heavy atom. The van der Waals surface area contributed by atoms with Gasteiger partial charge in [-0.1, -0.05) is 47.0 Å². The van der Waals surface area contributed by atoms with Crippen molar-refractivity contribution in [1.29, 1.82) is 0 Å². The van der Waals surface area contributed by atoms with Crippen LogP contribution in [0.4, 0.5) is 0 Å². The van der Waals surface area contributed by atoms with Gasteiger partial charge in [0.2, 0.25) is 0 Å². The summed E-state index contributed by atoms with van der Waals surface area (Å²) in [5.74, 6) is 0.762. The molecule has 0 unspecified atom stereocenters. The van der Waals surface area contributed by atoms with Crippen LogP contribution in [0.5, 0.6) is 0 Å². The smallest absolute Gasteiger partial charge is 0.0210 e. The van der Waals surface area contributed by atoms with E-state index in [2.05, 4.69) is 45.1 Å². The maximum atomic E-state index is 3.70. The summed E-state index contributed by atoms with van der Waals surface area (Å²) in [5, 5.41) is 0. The molecule has 1 aliphatic heterocycles. The highest BCUT2D eigenvalue weighted by molar-refractivity contribution is 9.10. The highest BCUT2D eigenvalue weighted by Gasteiger charge is 2.28. The van der Waals surface area contributed by atoms with E-state index in [4.69, 9.17) is 0 Å². The lowest BCUT2D eigenvalue weighted by atomic mass is 9.89. The van der Waals surface area contributed by atoms with E-state index in [0.717, 1.165) is 12.0 Å². The Hall–Kier alpha value is -0.340. The van der Waals surface area contributed by atoms with Gasteiger partial charge in [-0.15, -0.1) is 0 Å². The van der Waals surface area contributed by atoms with E-state index >= 15 is 0 Å². The number of hydrogen-bond donors (Lipinski definition) is 0. The molecule has 0 atom stereocenters. The van der Waals surface area contributed by atoms with Crippen molar-refractivity contribution in [2.24, 2.45) is 0 Å². The first-order valence-corrected chi connectivity index (χ1v) is 8.12. The number of hydrogen-bond acceptors (Lipinski definition) is 1. The zero-order valence-corrected chi connectivity index (χ0v) is 12.5. The Morgan fingerprint density at radius 2 is 1.61 bits per heavy atom. The Morgan fingerprint density at radius 1 is 0.944 bits per heavy atom. The van der Waals surface area contributed by atoms with Crippen molar-refractivity contribution < 1.29 is 0 Å². The van der Waals surface area contributed by atoms with Crippen molar-refractivity contribution in [3.63, 3.8) is 0 Å². The molecule has 0 bridgehead atoms. The molecule has 18 heavy (non-hydrogen) atoms. The quantitative estimate of drug-likeness (QED) is 0.773. The van der Waals surface area contributed by atoms with Crippen LogP contribution >= 0.6 is 15.9 Å². The third kappa shape index (κ3) is 2.65. The number of piperidine rings is 1. The van der Waals surface area contributed by atoms with Gasteiger partial charge < -0.3 is 4.90 Å². The first-order valence-electron chi connectivity index (χ1n) is 7.33. The molecule has 2 fully saturated rings. The Kier molecular flexibility index (Phi) is 4.05. The van der Waals surface area contributed by atoms with E-state index in [1.807, 2.05) is 0 Å². The molecule has 1 heterocycles. The second kappa shape index (κ2) is 5.75. The van der Waals surface area contributed by atoms with Gasteiger partial charge in [0.1, 0.15) is 0 Å². The summed E-state index contributed by atoms with van der Waals surface area (Å²) in [6.45, 7) is 2.60. The fourth-order valence-corrected chi connectivity index (χ4v) is 4.26. The van der Waals surface area contributed by atoms with Crippen LogP contribution in [0.15, 0.2) is 28.7 Å². The van der Waals surface area contributed by atoms with Gasteiger partial charge in [0.05, 0.1) is 0 Å². The SMILES string of the molecule is Brc1ccccc1C1CCN(C2CCCC2)CC1. The Balaban J connectivity index is 1.61. The van der Waals surface area contributed by atoms with Gasteiger partial charge in [0.25, 0.3) is 0 Å². The number of rotatable bonds is 2. The number of benzene rings is 1. The van der Waals surface area contributed by atoms with Gasteiger partial charge in [0, 0.05) is 10.5 Å². The van der Waals surface area contributed by atoms with Gasteiger partial charge in [-0.2, -0.15) is 0 Å². The third-order valence-corrected chi connectivity index (χ3v) is 5.44. The molecule has 0 spiro atoms. The number of likely N-dealkylation sites (tertiary alicyclic amines) is 1. The first-order chi connectivity index (χ1) is 8.84. The maximum Gasteiger partial charge on any atom is 0.0210 e. The summed E-state index contributed by atoms with van der Waals surface area (Å²) in [7, 11) is 0. The molecule has 1 aliphatic carbocycles. The normalized spacial score (nSPS) is 23.6. The van der Waals surface area contributed by atoms with Crippen LogP contribution in [0, 0.1) is 0 Å². The predicted molar refractivity (Wildman–Crippen MR) is 79.9 cm³/mol. The first kappa shape index (κ1) is 12.7. The molecule has 2 aliphatic rings. The Bertz CT molecular complexity index is 390. The third-order valence-electron chi connectivity index (χ3n) is 4.72. The van der Waals surface area contributed by atoms with Crippen LogP contribution in [0.25, 0.3) is 0 Å². The minimum absolute atomic E-state index is 0.762. The van der Waals surface area contributed by atoms with E-state index in [0.29, 0.717) is 0 Å². The molecular formula is C16H22BrN. The van der Waals surface area contributed by atoms with Crippen molar-refractivity contribution in [1.82, 2.24) is 4.90 Å². The fraction of sp³-hybridized carbons (Fsp3) is 0.625. The second-order valence-corrected chi connectivity index (χ2v) is 6.62. The molecule has 0 N–H and O–H groups in total. The van der Waals surface area contributed by atoms with Gasteiger partial charge in [-0.25, -0.2) is 0 Å². The van der Waals surface area contributed by atoms with Gasteiger partial charge in [-0.3, -0.25) is 0 Å². The van der Waals surface area contributed by atoms with E-state index in [9.17, 15) is 0 Å². The second-order valence-electron chi connectivity index (χ2n) is 5.77. The van der Waals surface area contributed by atoms with Crippen LogP contribution in [0.3, 0.4) is 0 Å². The van der Waals surface area contributed by atoms with Crippen molar-refractivity contribution in [2.45, 2.75) is 50.5 Å². The minimum Gasteiger partial charge on any atom is -0.300 e. The van der Waals surface area contributed by atoms with Gasteiger partial charge in [0.15, 0.2) is 0 Å². The zero-order chi connectivity index (χ0) is 12.4. The molecule has 1 nitrogen and oxygen atoms in total. The molecule has 0 amide bonds. The van der Waals surface area contributed by atoms with Gasteiger partial charge in [-0.05, 0) is 56.3 Å². The summed E-state index contributed by atoms with van der Waals surface area (Å²) in [6.07, 6.45) is 8.46. The van der Waals surface area contributed by atoms with Crippen LogP contribution in [0.2, 0.25) is 0 Å². The number of halogens is 1. The van der Waals surface area contributed by atoms with Crippen LogP contribution < -0.4 is 0 Å². The molecule has 1 saturated heterocycles. The van der Waals surface area contributed by atoms with Gasteiger partial charge >= 0.3 is 0 Å². The largest absolute Gasteiger partial charge is 0.300 e. The molecule has 1 aromatic rings. The van der Waals surface area contributed by atoms with E-state index < -0.39 is 0 Å². The highest BCUT2D eigenvalue weighted by atomic mass is 79.9. The van der Waals surface area contributed by atoms with E-state index in [1.54, 1.807) is 0 Å². The molecule has 1 aromatic carbocycles. The maximum absolute atomic E-state index is 3.70. The van der Waals surface area contributed by atoms with Crippen molar-refractivity contribution in [3.05, 3.63) is 34.3 Å². The predicted octanol–water partition coefficient (Wildman–Crippen LogP) is 4.57. The Labute approximate surface area is 119 Å². The van der Waals surface area contributed by atoms with Crippen LogP contribution in [-0.2, 0) is 0 Å². The number of nitrogens with zero attached hydrogens (tertiary/aromatic N) is 1.